The van der Waals surface area contributed by atoms with Crippen molar-refractivity contribution in [3.05, 3.63) is 217 Å². The van der Waals surface area contributed by atoms with Gasteiger partial charge in [-0.2, -0.15) is 6.20 Å². The number of nitrogens with zero attached hydrogens (tertiary/aromatic N) is 2. The summed E-state index contributed by atoms with van der Waals surface area (Å²) in [5, 5.41) is 7.81. The molecular weight excluding hydrogens is 814 g/mol. The molecule has 7 heteroatoms. The van der Waals surface area contributed by atoms with Crippen molar-refractivity contribution in [3.63, 3.8) is 0 Å². The monoisotopic (exact) mass is 856 g/mol. The predicted molar refractivity (Wildman–Crippen MR) is 248 cm³/mol. The molecule has 0 radical (unpaired) electrons. The molecule has 8 aromatic rings. The number of aromatic nitrogens is 1. The van der Waals surface area contributed by atoms with Crippen molar-refractivity contribution in [2.45, 2.75) is 24.2 Å². The fraction of sp³-hybridized carbons (Fsp3) is 0.0784. The summed E-state index contributed by atoms with van der Waals surface area (Å²) >= 11 is 1.73. The topological polar surface area (TPSA) is 35.7 Å². The molecule has 0 fully saturated rings. The van der Waals surface area contributed by atoms with Crippen molar-refractivity contribution in [2.24, 2.45) is 4.99 Å². The van der Waals surface area contributed by atoms with Gasteiger partial charge in [0.05, 0.1) is 5.69 Å². The number of aliphatic imine (C=N–C) groups is 1. The van der Waals surface area contributed by atoms with Gasteiger partial charge in [-0.15, -0.1) is 17.5 Å². The van der Waals surface area contributed by atoms with Gasteiger partial charge in [0.25, 0.3) is 0 Å². The Morgan fingerprint density at radius 1 is 0.517 bits per heavy atom. The van der Waals surface area contributed by atoms with E-state index in [1.807, 2.05) is 24.3 Å². The average molecular weight is 857 g/mol. The van der Waals surface area contributed by atoms with Crippen molar-refractivity contribution < 1.29 is 21.8 Å². The Morgan fingerprint density at radius 2 is 0.948 bits per heavy atom. The van der Waals surface area contributed by atoms with Gasteiger partial charge in [0.2, 0.25) is 0 Å². The first-order valence-electron chi connectivity index (χ1n) is 19.0. The maximum atomic E-state index is 7.26. The van der Waals surface area contributed by atoms with Crippen LogP contribution in [0.1, 0.15) is 30.7 Å². The number of para-hydroxylation sites is 2. The van der Waals surface area contributed by atoms with Crippen LogP contribution in [0.5, 0.6) is 11.5 Å². The summed E-state index contributed by atoms with van der Waals surface area (Å²) in [5.74, 6) is 2.02. The summed E-state index contributed by atoms with van der Waals surface area (Å²) in [4.78, 5) is 9.69. The molecule has 0 spiro atoms. The quantitative estimate of drug-likeness (QED) is 0.0628. The first-order valence-corrected chi connectivity index (χ1v) is 22.9. The second kappa shape index (κ2) is 19.2. The first kappa shape index (κ1) is 41.2. The number of ether oxygens (including phenoxy) is 1. The van der Waals surface area contributed by atoms with Crippen LogP contribution in [0.2, 0.25) is 0 Å². The Hall–Kier alpha value is -4.98. The van der Waals surface area contributed by atoms with Gasteiger partial charge in [-0.25, -0.2) is 0 Å². The molecule has 0 atom stereocenters. The third kappa shape index (κ3) is 9.01. The van der Waals surface area contributed by atoms with Crippen molar-refractivity contribution in [1.82, 2.24) is 4.98 Å². The zero-order chi connectivity index (χ0) is 39.0. The summed E-state index contributed by atoms with van der Waals surface area (Å²) in [6.45, 7) is 4.70. The minimum Gasteiger partial charge on any atom is -0.663 e. The summed E-state index contributed by atoms with van der Waals surface area (Å²) in [7, 11) is -1.65. The molecule has 0 bridgehead atoms. The van der Waals surface area contributed by atoms with E-state index in [2.05, 4.69) is 200 Å². The summed E-state index contributed by atoms with van der Waals surface area (Å²) in [5.41, 5.74) is 4.11. The zero-order valence-corrected chi connectivity index (χ0v) is 36.1. The number of hydrogen-bond donors (Lipinski definition) is 0. The van der Waals surface area contributed by atoms with E-state index < -0.39 is 15.8 Å². The van der Waals surface area contributed by atoms with Crippen LogP contribution in [0.3, 0.4) is 0 Å². The van der Waals surface area contributed by atoms with Crippen LogP contribution in [-0.4, -0.2) is 12.5 Å². The molecule has 2 heterocycles. The minimum absolute atomic E-state index is 0. The molecule has 0 saturated heterocycles. The van der Waals surface area contributed by atoms with E-state index in [0.29, 0.717) is 0 Å². The molecule has 3 nitrogen and oxygen atoms in total. The third-order valence-electron chi connectivity index (χ3n) is 10.1. The molecular formula is C51H43CuN2OP2S. The molecule has 58 heavy (non-hydrogen) atoms. The van der Waals surface area contributed by atoms with Crippen LogP contribution in [0.25, 0.3) is 0 Å². The Morgan fingerprint density at radius 3 is 1.33 bits per heavy atom. The van der Waals surface area contributed by atoms with E-state index >= 15 is 0 Å². The van der Waals surface area contributed by atoms with Crippen molar-refractivity contribution in [1.29, 1.82) is 0 Å². The second-order valence-electron chi connectivity index (χ2n) is 14.1. The van der Waals surface area contributed by atoms with E-state index in [1.54, 1.807) is 24.2 Å². The molecule has 0 unspecified atom stereocenters. The summed E-state index contributed by atoms with van der Waals surface area (Å²) in [6, 6.07) is 69.1. The maximum absolute atomic E-state index is 7.26. The SMILES string of the molecule is CC1(C)c2cccc(P(c3ccccc3)c3ccccc3)c2Oc2c(P(c3ccccc3)c3ccccc3)cccc21.CSc1ccc(N=Cc2ccc[n-]2)cc1.[Cu+]. The van der Waals surface area contributed by atoms with Gasteiger partial charge in [0, 0.05) is 38.3 Å². The Balaban J connectivity index is 0.000000270. The van der Waals surface area contributed by atoms with Gasteiger partial charge in [0.15, 0.2) is 0 Å². The molecule has 7 aromatic carbocycles. The number of rotatable bonds is 9. The largest absolute Gasteiger partial charge is 1.00 e. The van der Waals surface area contributed by atoms with E-state index in [9.17, 15) is 0 Å². The van der Waals surface area contributed by atoms with Gasteiger partial charge >= 0.3 is 17.1 Å². The third-order valence-corrected chi connectivity index (χ3v) is 15.7. The van der Waals surface area contributed by atoms with E-state index in [0.717, 1.165) is 22.9 Å². The van der Waals surface area contributed by atoms with E-state index in [4.69, 9.17) is 4.74 Å². The standard InChI is InChI=1S/C39H32OP2.C12H11N2S.Cu/c1-39(2)33-25-15-27-35(41(29-17-7-3-8-18-29)30-19-9-4-10-20-30)37(33)40-38-34(39)26-16-28-36(38)42(31-21-11-5-12-22-31)32-23-13-6-14-24-32;1-15-12-6-4-10(5-7-12)14-9-11-3-2-8-13-11;/h3-28H,1-2H3;2-9H,1H3;/q;-1;+1. The van der Waals surface area contributed by atoms with Crippen LogP contribution < -0.4 is 41.5 Å². The average Bonchev–Trinajstić information content (AvgIpc) is 3.80. The molecule has 0 amide bonds. The second-order valence-corrected chi connectivity index (χ2v) is 19.3. The van der Waals surface area contributed by atoms with E-state index in [1.165, 1.54) is 47.8 Å². The molecule has 0 aliphatic carbocycles. The Labute approximate surface area is 360 Å². The van der Waals surface area contributed by atoms with Gasteiger partial charge in [-0.1, -0.05) is 184 Å². The minimum atomic E-state index is -0.824. The van der Waals surface area contributed by atoms with Crippen molar-refractivity contribution in [2.75, 3.05) is 6.26 Å². The van der Waals surface area contributed by atoms with Crippen LogP contribution in [0.15, 0.2) is 210 Å². The molecule has 0 N–H and O–H groups in total. The van der Waals surface area contributed by atoms with Crippen LogP contribution >= 0.6 is 27.6 Å². The van der Waals surface area contributed by atoms with E-state index in [-0.39, 0.29) is 22.5 Å². The number of thioether (sulfide) groups is 1. The fourth-order valence-electron chi connectivity index (χ4n) is 7.21. The maximum Gasteiger partial charge on any atom is 1.00 e. The normalized spacial score (nSPS) is 12.5. The van der Waals surface area contributed by atoms with Crippen LogP contribution in [0.4, 0.5) is 5.69 Å². The fourth-order valence-corrected chi connectivity index (χ4v) is 12.4. The first-order chi connectivity index (χ1) is 28.0. The number of fused-ring (bicyclic) bond motifs is 2. The number of hydrogen-bond acceptors (Lipinski definition) is 3. The summed E-state index contributed by atoms with van der Waals surface area (Å²) < 4.78 is 7.26. The smallest absolute Gasteiger partial charge is 0.663 e. The number of benzene rings is 7. The van der Waals surface area contributed by atoms with Crippen LogP contribution in [0, 0.1) is 0 Å². The Kier molecular flexibility index (Phi) is 13.6. The van der Waals surface area contributed by atoms with Gasteiger partial charge in [-0.05, 0) is 67.6 Å². The molecule has 1 aromatic heterocycles. The zero-order valence-electron chi connectivity index (χ0n) is 32.5. The van der Waals surface area contributed by atoms with Gasteiger partial charge < -0.3 is 9.72 Å². The summed E-state index contributed by atoms with van der Waals surface area (Å²) in [6.07, 6.45) is 5.60. The molecule has 9 rings (SSSR count). The van der Waals surface area contributed by atoms with Gasteiger partial charge in [0.1, 0.15) is 11.5 Å². The molecule has 1 aliphatic heterocycles. The van der Waals surface area contributed by atoms with Crippen molar-refractivity contribution in [3.8, 4) is 11.5 Å². The Bertz CT molecular complexity index is 2340. The van der Waals surface area contributed by atoms with Crippen LogP contribution in [-0.2, 0) is 22.5 Å². The predicted octanol–water partition coefficient (Wildman–Crippen LogP) is 10.7. The molecule has 290 valence electrons. The molecule has 0 saturated carbocycles. The van der Waals surface area contributed by atoms with Crippen molar-refractivity contribution >= 4 is 71.3 Å². The molecule has 1 aliphatic rings. The van der Waals surface area contributed by atoms with Gasteiger partial charge in [-0.3, -0.25) is 4.99 Å².